The van der Waals surface area contributed by atoms with Crippen LogP contribution >= 0.6 is 23.1 Å². The minimum Gasteiger partial charge on any atom is -0.376 e. The summed E-state index contributed by atoms with van der Waals surface area (Å²) < 4.78 is 6.33. The van der Waals surface area contributed by atoms with Crippen molar-refractivity contribution in [2.45, 2.75) is 36.1 Å². The van der Waals surface area contributed by atoms with E-state index in [1.54, 1.807) is 12.1 Å². The van der Waals surface area contributed by atoms with Crippen LogP contribution in [0.25, 0.3) is 0 Å². The smallest absolute Gasteiger partial charge is 0.231 e. The average molecular weight is 405 g/mol. The average Bonchev–Trinajstić information content (AvgIpc) is 3.40. The first-order valence-electron chi connectivity index (χ1n) is 8.90. The number of carbonyl (C=O) groups is 2. The summed E-state index contributed by atoms with van der Waals surface area (Å²) in [6, 6.07) is 5.37. The van der Waals surface area contributed by atoms with Crippen LogP contribution in [-0.2, 0) is 9.53 Å². The lowest BCUT2D eigenvalue weighted by molar-refractivity contribution is -0.116. The van der Waals surface area contributed by atoms with Crippen molar-refractivity contribution in [1.29, 1.82) is 0 Å². The van der Waals surface area contributed by atoms with Gasteiger partial charge in [-0.05, 0) is 43.5 Å². The van der Waals surface area contributed by atoms with Crippen molar-refractivity contribution in [3.63, 3.8) is 0 Å². The van der Waals surface area contributed by atoms with E-state index in [0.29, 0.717) is 5.56 Å². The van der Waals surface area contributed by atoms with E-state index in [-0.39, 0.29) is 29.5 Å². The molecule has 0 unspecified atom stereocenters. The van der Waals surface area contributed by atoms with E-state index in [9.17, 15) is 9.59 Å². The highest BCUT2D eigenvalue weighted by molar-refractivity contribution is 8.01. The second-order valence-corrected chi connectivity index (χ2v) is 8.81. The van der Waals surface area contributed by atoms with Gasteiger partial charge in [0.05, 0.1) is 17.8 Å². The molecule has 2 aliphatic heterocycles. The van der Waals surface area contributed by atoms with Gasteiger partial charge in [-0.2, -0.15) is 0 Å². The fourth-order valence-electron chi connectivity index (χ4n) is 3.15. The van der Waals surface area contributed by atoms with E-state index in [1.165, 1.54) is 23.1 Å². The van der Waals surface area contributed by atoms with Crippen LogP contribution in [0.3, 0.4) is 0 Å². The van der Waals surface area contributed by atoms with E-state index in [2.05, 4.69) is 20.8 Å². The molecule has 0 spiro atoms. The summed E-state index contributed by atoms with van der Waals surface area (Å²) >= 11 is 2.82. The van der Waals surface area contributed by atoms with Crippen molar-refractivity contribution in [2.75, 3.05) is 29.5 Å². The molecule has 3 heterocycles. The molecule has 2 aliphatic rings. The number of benzene rings is 1. The number of thioether (sulfide) groups is 1. The first-order valence-corrected chi connectivity index (χ1v) is 10.7. The van der Waals surface area contributed by atoms with Crippen LogP contribution in [0.1, 0.15) is 41.6 Å². The predicted octanol–water partition coefficient (Wildman–Crippen LogP) is 3.16. The lowest BCUT2D eigenvalue weighted by Gasteiger charge is -2.08. The Kier molecular flexibility index (Phi) is 5.42. The fourth-order valence-corrected chi connectivity index (χ4v) is 4.80. The maximum absolute atomic E-state index is 12.5. The molecule has 0 bridgehead atoms. The second-order valence-electron chi connectivity index (χ2n) is 6.61. The number of rotatable bonds is 7. The van der Waals surface area contributed by atoms with Gasteiger partial charge in [-0.15, -0.1) is 10.2 Å². The summed E-state index contributed by atoms with van der Waals surface area (Å²) in [7, 11) is 0. The first-order chi connectivity index (χ1) is 13.1. The molecule has 2 atom stereocenters. The number of amides is 1. The fraction of sp³-hybridized carbons (Fsp3) is 0.444. The van der Waals surface area contributed by atoms with Gasteiger partial charge in [0.15, 0.2) is 10.1 Å². The number of hydrogen-bond donors (Lipinski definition) is 2. The largest absolute Gasteiger partial charge is 0.376 e. The van der Waals surface area contributed by atoms with E-state index in [1.807, 2.05) is 13.0 Å². The topological polar surface area (TPSA) is 93.2 Å². The molecule has 0 saturated carbocycles. The van der Waals surface area contributed by atoms with E-state index < -0.39 is 0 Å². The molecule has 9 heteroatoms. The lowest BCUT2D eigenvalue weighted by atomic mass is 9.99. The third-order valence-electron chi connectivity index (χ3n) is 4.73. The highest BCUT2D eigenvalue weighted by Crippen LogP contribution is 2.33. The molecule has 1 aromatic heterocycles. The molecule has 2 N–H and O–H groups in total. The molecular weight excluding hydrogens is 384 g/mol. The summed E-state index contributed by atoms with van der Waals surface area (Å²) in [5.74, 6) is 0.0508. The molecule has 1 aromatic carbocycles. The number of nitrogens with zero attached hydrogens (tertiary/aromatic N) is 2. The van der Waals surface area contributed by atoms with Crippen LogP contribution in [0.4, 0.5) is 10.8 Å². The summed E-state index contributed by atoms with van der Waals surface area (Å²) in [4.78, 5) is 24.2. The molecular formula is C18H20N4O3S2. The Morgan fingerprint density at radius 3 is 3.15 bits per heavy atom. The van der Waals surface area contributed by atoms with Crippen molar-refractivity contribution in [1.82, 2.24) is 10.2 Å². The van der Waals surface area contributed by atoms with Gasteiger partial charge in [0, 0.05) is 24.4 Å². The Bertz CT molecular complexity index is 864. The van der Waals surface area contributed by atoms with Crippen LogP contribution in [0.2, 0.25) is 0 Å². The molecule has 27 heavy (non-hydrogen) atoms. The van der Waals surface area contributed by atoms with E-state index >= 15 is 0 Å². The maximum Gasteiger partial charge on any atom is 0.231 e. The monoisotopic (exact) mass is 404 g/mol. The second kappa shape index (κ2) is 7.95. The molecule has 0 aliphatic carbocycles. The Morgan fingerprint density at radius 1 is 1.44 bits per heavy atom. The van der Waals surface area contributed by atoms with Crippen LogP contribution in [0, 0.1) is 0 Å². The number of carbonyl (C=O) groups excluding carboxylic acids is 2. The molecule has 2 aromatic rings. The van der Waals surface area contributed by atoms with Gasteiger partial charge in [0.25, 0.3) is 0 Å². The van der Waals surface area contributed by atoms with Gasteiger partial charge in [0.2, 0.25) is 11.0 Å². The minimum atomic E-state index is -0.221. The number of fused-ring (bicyclic) bond motifs is 1. The number of ketones is 1. The SMILES string of the molecule is C[C@@H]1C(=O)Nc2ccc(C(=O)CSc3nnc(NC[C@H]4CCCO4)s3)cc21. The van der Waals surface area contributed by atoms with Crippen molar-refractivity contribution in [3.8, 4) is 0 Å². The zero-order valence-corrected chi connectivity index (χ0v) is 16.5. The molecule has 142 valence electrons. The van der Waals surface area contributed by atoms with Crippen LogP contribution in [0.5, 0.6) is 0 Å². The zero-order valence-electron chi connectivity index (χ0n) is 14.9. The Hall–Kier alpha value is -1.97. The highest BCUT2D eigenvalue weighted by Gasteiger charge is 2.27. The molecule has 4 rings (SSSR count). The molecule has 0 radical (unpaired) electrons. The van der Waals surface area contributed by atoms with Crippen molar-refractivity contribution < 1.29 is 14.3 Å². The first kappa shape index (κ1) is 18.4. The number of aromatic nitrogens is 2. The standard InChI is InChI=1S/C18H20N4O3S2/c1-10-13-7-11(4-5-14(13)20-16(10)24)15(23)9-26-18-22-21-17(27-18)19-8-12-3-2-6-25-12/h4-5,7,10,12H,2-3,6,8-9H2,1H3,(H,19,21)(H,20,24)/t10-,12+/m0/s1. The summed E-state index contributed by atoms with van der Waals surface area (Å²) in [6.45, 7) is 3.41. The van der Waals surface area contributed by atoms with Gasteiger partial charge >= 0.3 is 0 Å². The van der Waals surface area contributed by atoms with Crippen LogP contribution in [-0.4, -0.2) is 46.9 Å². The van der Waals surface area contributed by atoms with E-state index in [0.717, 1.165) is 46.7 Å². The predicted molar refractivity (Wildman–Crippen MR) is 106 cm³/mol. The lowest BCUT2D eigenvalue weighted by Crippen LogP contribution is -2.18. The molecule has 1 amide bonds. The Morgan fingerprint density at radius 2 is 2.33 bits per heavy atom. The van der Waals surface area contributed by atoms with Gasteiger partial charge < -0.3 is 15.4 Å². The van der Waals surface area contributed by atoms with E-state index in [4.69, 9.17) is 4.74 Å². The number of nitrogens with one attached hydrogen (secondary N) is 2. The third-order valence-corrected chi connectivity index (χ3v) is 6.74. The summed E-state index contributed by atoms with van der Waals surface area (Å²) in [6.07, 6.45) is 2.43. The minimum absolute atomic E-state index is 0.0124. The molecule has 1 fully saturated rings. The summed E-state index contributed by atoms with van der Waals surface area (Å²) in [5, 5.41) is 15.1. The number of anilines is 2. The molecule has 7 nitrogen and oxygen atoms in total. The van der Waals surface area contributed by atoms with Gasteiger partial charge in [-0.25, -0.2) is 0 Å². The van der Waals surface area contributed by atoms with Crippen molar-refractivity contribution >= 4 is 45.6 Å². The Balaban J connectivity index is 1.31. The number of hydrogen-bond acceptors (Lipinski definition) is 8. The van der Waals surface area contributed by atoms with Crippen LogP contribution < -0.4 is 10.6 Å². The van der Waals surface area contributed by atoms with Gasteiger partial charge in [0.1, 0.15) is 0 Å². The molecule has 1 saturated heterocycles. The summed E-state index contributed by atoms with van der Waals surface area (Å²) in [5.41, 5.74) is 2.29. The van der Waals surface area contributed by atoms with Gasteiger partial charge in [-0.3, -0.25) is 9.59 Å². The number of Topliss-reactive ketones (excluding diaryl/α,β-unsaturated/α-hetero) is 1. The van der Waals surface area contributed by atoms with Crippen molar-refractivity contribution in [2.24, 2.45) is 0 Å². The quantitative estimate of drug-likeness (QED) is 0.541. The Labute approximate surface area is 165 Å². The number of ether oxygens (including phenoxy) is 1. The van der Waals surface area contributed by atoms with Crippen molar-refractivity contribution in [3.05, 3.63) is 29.3 Å². The van der Waals surface area contributed by atoms with Gasteiger partial charge in [-0.1, -0.05) is 23.1 Å². The zero-order chi connectivity index (χ0) is 18.8. The third kappa shape index (κ3) is 4.15. The van der Waals surface area contributed by atoms with Crippen LogP contribution in [0.15, 0.2) is 22.5 Å². The maximum atomic E-state index is 12.5. The normalized spacial score (nSPS) is 21.1. The highest BCUT2D eigenvalue weighted by atomic mass is 32.2.